The molecule has 3 aliphatic rings. The lowest BCUT2D eigenvalue weighted by molar-refractivity contribution is -0.169. The van der Waals surface area contributed by atoms with Crippen molar-refractivity contribution in [2.75, 3.05) is 0 Å². The molecule has 0 aromatic rings. The van der Waals surface area contributed by atoms with Crippen LogP contribution in [0.25, 0.3) is 0 Å². The minimum Gasteiger partial charge on any atom is -0.457 e. The first kappa shape index (κ1) is 9.57. The Morgan fingerprint density at radius 3 is 2.80 bits per heavy atom. The third-order valence-corrected chi connectivity index (χ3v) is 3.37. The van der Waals surface area contributed by atoms with E-state index in [1.165, 1.54) is 0 Å². The Morgan fingerprint density at radius 1 is 1.33 bits per heavy atom. The largest absolute Gasteiger partial charge is 0.457 e. The Bertz CT molecular complexity index is 313. The molecule has 2 heterocycles. The molecule has 1 aliphatic carbocycles. The second-order valence-electron chi connectivity index (χ2n) is 4.88. The highest BCUT2D eigenvalue weighted by Gasteiger charge is 2.61. The molecule has 2 saturated heterocycles. The van der Waals surface area contributed by atoms with Crippen molar-refractivity contribution in [3.05, 3.63) is 0 Å². The molecule has 5 atom stereocenters. The molecule has 15 heavy (non-hydrogen) atoms. The molecule has 0 spiro atoms. The summed E-state index contributed by atoms with van der Waals surface area (Å²) in [6.07, 6.45) is -0.981. The molecule has 3 rings (SSSR count). The Labute approximate surface area is 87.3 Å². The number of carbonyl (C=O) groups is 1. The Balaban J connectivity index is 1.83. The number of aliphatic hydroxyl groups excluding tert-OH is 1. The van der Waals surface area contributed by atoms with Crippen LogP contribution in [0.15, 0.2) is 0 Å². The van der Waals surface area contributed by atoms with E-state index in [1.807, 2.05) is 13.8 Å². The summed E-state index contributed by atoms with van der Waals surface area (Å²) in [5.41, 5.74) is 0. The van der Waals surface area contributed by atoms with Gasteiger partial charge in [0.05, 0.1) is 6.10 Å². The van der Waals surface area contributed by atoms with Gasteiger partial charge in [-0.1, -0.05) is 0 Å². The van der Waals surface area contributed by atoms with E-state index < -0.39 is 17.9 Å². The topological polar surface area (TPSA) is 65.0 Å². The molecular weight excluding hydrogens is 200 g/mol. The van der Waals surface area contributed by atoms with Crippen molar-refractivity contribution in [2.24, 2.45) is 5.92 Å². The molecule has 84 valence electrons. The first-order chi connectivity index (χ1) is 6.98. The standard InChI is InChI=1S/C10H14O5/c1-10(2)14-5-3-4-6(11)9(12)13-7(4)8(5)15-10/h4-8,11H,3H2,1-2H3/t4-,5+,6+,7+,8?/m1/s1. The van der Waals surface area contributed by atoms with E-state index >= 15 is 0 Å². The number of esters is 1. The van der Waals surface area contributed by atoms with Crippen LogP contribution in [0.3, 0.4) is 0 Å². The Hall–Kier alpha value is -0.650. The van der Waals surface area contributed by atoms with Gasteiger partial charge in [-0.25, -0.2) is 4.79 Å². The second-order valence-corrected chi connectivity index (χ2v) is 4.88. The van der Waals surface area contributed by atoms with Crippen molar-refractivity contribution in [1.82, 2.24) is 0 Å². The van der Waals surface area contributed by atoms with Gasteiger partial charge >= 0.3 is 5.97 Å². The van der Waals surface area contributed by atoms with Gasteiger partial charge in [-0.05, 0) is 20.3 Å². The van der Waals surface area contributed by atoms with E-state index in [-0.39, 0.29) is 24.2 Å². The Morgan fingerprint density at radius 2 is 2.07 bits per heavy atom. The molecule has 3 fully saturated rings. The van der Waals surface area contributed by atoms with Gasteiger partial charge in [0, 0.05) is 5.92 Å². The van der Waals surface area contributed by atoms with Gasteiger partial charge in [-0.3, -0.25) is 0 Å². The molecule has 0 aromatic heterocycles. The average Bonchev–Trinajstić information content (AvgIpc) is 2.66. The number of aliphatic hydroxyl groups is 1. The molecule has 1 N–H and O–H groups in total. The van der Waals surface area contributed by atoms with Crippen LogP contribution in [0.2, 0.25) is 0 Å². The fraction of sp³-hybridized carbons (Fsp3) is 0.900. The zero-order chi connectivity index (χ0) is 10.8. The first-order valence-corrected chi connectivity index (χ1v) is 5.22. The highest BCUT2D eigenvalue weighted by Crippen LogP contribution is 2.46. The van der Waals surface area contributed by atoms with Crippen LogP contribution in [0, 0.1) is 5.92 Å². The van der Waals surface area contributed by atoms with Gasteiger partial charge in [0.15, 0.2) is 11.9 Å². The quantitative estimate of drug-likeness (QED) is 0.566. The summed E-state index contributed by atoms with van der Waals surface area (Å²) in [6, 6.07) is 0. The van der Waals surface area contributed by atoms with Crippen LogP contribution in [-0.4, -0.2) is 41.3 Å². The fourth-order valence-corrected chi connectivity index (χ4v) is 2.81. The third kappa shape index (κ3) is 1.23. The van der Waals surface area contributed by atoms with E-state index in [9.17, 15) is 9.90 Å². The SMILES string of the molecule is CC1(C)OC2[C@H](C[C@@H]3[C@H](O)C(=O)O[C@H]23)O1. The van der Waals surface area contributed by atoms with Crippen LogP contribution in [0.4, 0.5) is 0 Å². The molecule has 1 unspecified atom stereocenters. The van der Waals surface area contributed by atoms with Crippen LogP contribution in [0.1, 0.15) is 20.3 Å². The normalized spacial score (nSPS) is 51.4. The number of ether oxygens (including phenoxy) is 3. The highest BCUT2D eigenvalue weighted by atomic mass is 16.8. The van der Waals surface area contributed by atoms with E-state index in [0.29, 0.717) is 6.42 Å². The molecule has 2 aliphatic heterocycles. The van der Waals surface area contributed by atoms with E-state index in [4.69, 9.17) is 14.2 Å². The first-order valence-electron chi connectivity index (χ1n) is 5.22. The molecule has 1 saturated carbocycles. The minimum absolute atomic E-state index is 0.0576. The van der Waals surface area contributed by atoms with Crippen LogP contribution >= 0.6 is 0 Å². The van der Waals surface area contributed by atoms with E-state index in [0.717, 1.165) is 0 Å². The molecular formula is C10H14O5. The Kier molecular flexibility index (Phi) is 1.74. The summed E-state index contributed by atoms with van der Waals surface area (Å²) in [7, 11) is 0. The average molecular weight is 214 g/mol. The highest BCUT2D eigenvalue weighted by molar-refractivity contribution is 5.77. The van der Waals surface area contributed by atoms with Crippen LogP contribution in [-0.2, 0) is 19.0 Å². The van der Waals surface area contributed by atoms with Gasteiger partial charge < -0.3 is 19.3 Å². The van der Waals surface area contributed by atoms with E-state index in [1.54, 1.807) is 0 Å². The number of fused-ring (bicyclic) bond motifs is 3. The van der Waals surface area contributed by atoms with Crippen molar-refractivity contribution >= 4 is 5.97 Å². The van der Waals surface area contributed by atoms with Crippen molar-refractivity contribution in [2.45, 2.75) is 50.5 Å². The van der Waals surface area contributed by atoms with E-state index in [2.05, 4.69) is 0 Å². The summed E-state index contributed by atoms with van der Waals surface area (Å²) in [5.74, 6) is -1.30. The monoisotopic (exact) mass is 214 g/mol. The van der Waals surface area contributed by atoms with Gasteiger partial charge in [-0.15, -0.1) is 0 Å². The smallest absolute Gasteiger partial charge is 0.335 e. The summed E-state index contributed by atoms with van der Waals surface area (Å²) in [6.45, 7) is 3.68. The lowest BCUT2D eigenvalue weighted by Gasteiger charge is -2.21. The number of carbonyl (C=O) groups excluding carboxylic acids is 1. The molecule has 0 bridgehead atoms. The zero-order valence-electron chi connectivity index (χ0n) is 8.67. The van der Waals surface area contributed by atoms with Crippen molar-refractivity contribution < 1.29 is 24.1 Å². The molecule has 5 heteroatoms. The summed E-state index contributed by atoms with van der Waals surface area (Å²) in [5, 5.41) is 9.57. The maximum Gasteiger partial charge on any atom is 0.335 e. The zero-order valence-corrected chi connectivity index (χ0v) is 8.67. The predicted octanol–water partition coefficient (Wildman–Crippen LogP) is -0.187. The molecule has 5 nitrogen and oxygen atoms in total. The maximum atomic E-state index is 11.2. The van der Waals surface area contributed by atoms with Crippen LogP contribution < -0.4 is 0 Å². The van der Waals surface area contributed by atoms with Gasteiger partial charge in [0.2, 0.25) is 0 Å². The van der Waals surface area contributed by atoms with Crippen molar-refractivity contribution in [3.63, 3.8) is 0 Å². The van der Waals surface area contributed by atoms with Gasteiger partial charge in [0.1, 0.15) is 12.2 Å². The van der Waals surface area contributed by atoms with Crippen LogP contribution in [0.5, 0.6) is 0 Å². The molecule has 0 radical (unpaired) electrons. The minimum atomic E-state index is -1.00. The number of rotatable bonds is 0. The number of hydrogen-bond acceptors (Lipinski definition) is 5. The van der Waals surface area contributed by atoms with Crippen molar-refractivity contribution in [3.8, 4) is 0 Å². The summed E-state index contributed by atoms with van der Waals surface area (Å²) in [4.78, 5) is 11.2. The summed E-state index contributed by atoms with van der Waals surface area (Å²) < 4.78 is 16.5. The fourth-order valence-electron chi connectivity index (χ4n) is 2.81. The summed E-state index contributed by atoms with van der Waals surface area (Å²) >= 11 is 0. The third-order valence-electron chi connectivity index (χ3n) is 3.37. The van der Waals surface area contributed by atoms with Crippen molar-refractivity contribution in [1.29, 1.82) is 0 Å². The number of hydrogen-bond donors (Lipinski definition) is 1. The lowest BCUT2D eigenvalue weighted by Crippen LogP contribution is -2.31. The van der Waals surface area contributed by atoms with Gasteiger partial charge in [0.25, 0.3) is 0 Å². The maximum absolute atomic E-state index is 11.2. The second kappa shape index (κ2) is 2.72. The predicted molar refractivity (Wildman–Crippen MR) is 47.8 cm³/mol. The lowest BCUT2D eigenvalue weighted by atomic mass is 10.0. The molecule has 0 aromatic carbocycles. The molecule has 0 amide bonds. The van der Waals surface area contributed by atoms with Gasteiger partial charge in [-0.2, -0.15) is 0 Å².